The van der Waals surface area contributed by atoms with Crippen LogP contribution in [0.1, 0.15) is 5.56 Å². The van der Waals surface area contributed by atoms with E-state index in [1.807, 2.05) is 29.4 Å². The smallest absolute Gasteiger partial charge is 0.228 e. The molecule has 0 radical (unpaired) electrons. The molecular formula is C19H18ClFN4O3S. The van der Waals surface area contributed by atoms with Crippen molar-refractivity contribution in [2.24, 2.45) is 0 Å². The molecule has 4 rings (SSSR count). The van der Waals surface area contributed by atoms with Gasteiger partial charge in [0.2, 0.25) is 5.88 Å². The maximum Gasteiger partial charge on any atom is 0.228 e. The maximum absolute atomic E-state index is 14.7. The monoisotopic (exact) mass is 436 g/mol. The number of halogens is 2. The van der Waals surface area contributed by atoms with Crippen LogP contribution in [0.15, 0.2) is 23.4 Å². The molecule has 1 aliphatic heterocycles. The number of aromatic nitrogens is 3. The van der Waals surface area contributed by atoms with E-state index >= 15 is 0 Å². The predicted molar refractivity (Wildman–Crippen MR) is 110 cm³/mol. The summed E-state index contributed by atoms with van der Waals surface area (Å²) in [5.41, 5.74) is 1.03. The second-order valence-electron chi connectivity index (χ2n) is 6.23. The van der Waals surface area contributed by atoms with E-state index in [0.717, 1.165) is 5.56 Å². The number of ether oxygens (including phenoxy) is 3. The molecule has 3 heterocycles. The van der Waals surface area contributed by atoms with Crippen molar-refractivity contribution in [2.75, 3.05) is 38.5 Å². The Balaban J connectivity index is 1.86. The molecule has 0 atom stereocenters. The van der Waals surface area contributed by atoms with Gasteiger partial charge in [0.15, 0.2) is 16.1 Å². The van der Waals surface area contributed by atoms with Crippen LogP contribution in [0.5, 0.6) is 17.4 Å². The van der Waals surface area contributed by atoms with Gasteiger partial charge in [-0.2, -0.15) is 4.98 Å². The van der Waals surface area contributed by atoms with Crippen molar-refractivity contribution < 1.29 is 18.6 Å². The first-order chi connectivity index (χ1) is 14.0. The van der Waals surface area contributed by atoms with Crippen LogP contribution in [0.25, 0.3) is 10.9 Å². The number of thioether (sulfide) groups is 1. The van der Waals surface area contributed by atoms with Gasteiger partial charge in [-0.3, -0.25) is 0 Å². The summed E-state index contributed by atoms with van der Waals surface area (Å²) in [6.45, 7) is 1.33. The SMILES string of the molecule is COc1ccc(CN2CCOc3nc(Cl)c(F)c4nc(SC)nc2c34)c(OC)c1. The zero-order chi connectivity index (χ0) is 20.5. The number of hydrogen-bond donors (Lipinski definition) is 0. The summed E-state index contributed by atoms with van der Waals surface area (Å²) in [6.07, 6.45) is 1.83. The number of methoxy groups -OCH3 is 2. The molecule has 0 unspecified atom stereocenters. The largest absolute Gasteiger partial charge is 0.497 e. The highest BCUT2D eigenvalue weighted by molar-refractivity contribution is 7.98. The van der Waals surface area contributed by atoms with E-state index < -0.39 is 5.82 Å². The molecule has 0 amide bonds. The highest BCUT2D eigenvalue weighted by Crippen LogP contribution is 2.39. The van der Waals surface area contributed by atoms with E-state index in [1.54, 1.807) is 14.2 Å². The van der Waals surface area contributed by atoms with Gasteiger partial charge < -0.3 is 19.1 Å². The molecule has 0 saturated heterocycles. The Kier molecular flexibility index (Phi) is 5.51. The highest BCUT2D eigenvalue weighted by Gasteiger charge is 2.27. The molecule has 0 fully saturated rings. The standard InChI is InChI=1S/C19H18ClFN4O3S/c1-26-11-5-4-10(12(8-11)27-2)9-25-6-7-28-18-13-15(14(21)16(20)23-18)22-19(29-3)24-17(13)25/h4-5,8H,6-7,9H2,1-3H3. The van der Waals surface area contributed by atoms with Crippen molar-refractivity contribution in [3.05, 3.63) is 34.7 Å². The van der Waals surface area contributed by atoms with Crippen molar-refractivity contribution in [2.45, 2.75) is 11.7 Å². The van der Waals surface area contributed by atoms with Gasteiger partial charge >= 0.3 is 0 Å². The fourth-order valence-electron chi connectivity index (χ4n) is 3.20. The zero-order valence-electron chi connectivity index (χ0n) is 16.0. The van der Waals surface area contributed by atoms with Crippen LogP contribution in [0.2, 0.25) is 5.15 Å². The van der Waals surface area contributed by atoms with Gasteiger partial charge in [-0.15, -0.1) is 0 Å². The molecule has 7 nitrogen and oxygen atoms in total. The van der Waals surface area contributed by atoms with Crippen molar-refractivity contribution in [3.8, 4) is 17.4 Å². The Hall–Kier alpha value is -2.52. The molecule has 10 heteroatoms. The molecule has 0 N–H and O–H groups in total. The number of pyridine rings is 1. The summed E-state index contributed by atoms with van der Waals surface area (Å²) in [7, 11) is 3.21. The normalized spacial score (nSPS) is 13.2. The van der Waals surface area contributed by atoms with Crippen LogP contribution in [0, 0.1) is 5.82 Å². The lowest BCUT2D eigenvalue weighted by Gasteiger charge is -2.24. The summed E-state index contributed by atoms with van der Waals surface area (Å²) < 4.78 is 31.3. The van der Waals surface area contributed by atoms with Gasteiger partial charge in [-0.05, 0) is 18.4 Å². The van der Waals surface area contributed by atoms with Crippen LogP contribution < -0.4 is 19.1 Å². The first-order valence-corrected chi connectivity index (χ1v) is 10.3. The third kappa shape index (κ3) is 3.60. The predicted octanol–water partition coefficient (Wildman–Crippen LogP) is 3.96. The Labute approximate surface area is 176 Å². The molecule has 3 aromatic rings. The number of rotatable bonds is 5. The molecule has 0 saturated carbocycles. The summed E-state index contributed by atoms with van der Waals surface area (Å²) in [5.74, 6) is 1.48. The van der Waals surface area contributed by atoms with Gasteiger partial charge in [0.1, 0.15) is 34.8 Å². The Morgan fingerprint density at radius 1 is 1.24 bits per heavy atom. The second kappa shape index (κ2) is 8.08. The Morgan fingerprint density at radius 3 is 2.79 bits per heavy atom. The average molecular weight is 437 g/mol. The van der Waals surface area contributed by atoms with E-state index in [1.165, 1.54) is 11.8 Å². The molecular weight excluding hydrogens is 419 g/mol. The fourth-order valence-corrected chi connectivity index (χ4v) is 3.73. The average Bonchev–Trinajstić information content (AvgIpc) is 2.91. The van der Waals surface area contributed by atoms with Gasteiger partial charge in [0.25, 0.3) is 0 Å². The van der Waals surface area contributed by atoms with Crippen LogP contribution in [0.3, 0.4) is 0 Å². The molecule has 1 aromatic carbocycles. The minimum atomic E-state index is -0.683. The minimum Gasteiger partial charge on any atom is -0.497 e. The van der Waals surface area contributed by atoms with Crippen LogP contribution in [-0.2, 0) is 6.54 Å². The van der Waals surface area contributed by atoms with Gasteiger partial charge in [-0.25, -0.2) is 14.4 Å². The third-order valence-electron chi connectivity index (χ3n) is 4.61. The topological polar surface area (TPSA) is 69.6 Å². The van der Waals surface area contributed by atoms with Gasteiger partial charge in [-0.1, -0.05) is 23.4 Å². The van der Waals surface area contributed by atoms with E-state index in [2.05, 4.69) is 15.0 Å². The number of benzene rings is 1. The Morgan fingerprint density at radius 2 is 2.07 bits per heavy atom. The fraction of sp³-hybridized carbons (Fsp3) is 0.316. The molecule has 2 aromatic heterocycles. The third-order valence-corrected chi connectivity index (χ3v) is 5.41. The lowest BCUT2D eigenvalue weighted by atomic mass is 10.1. The molecule has 1 aliphatic rings. The minimum absolute atomic E-state index is 0.0999. The lowest BCUT2D eigenvalue weighted by Crippen LogP contribution is -2.27. The number of hydrogen-bond acceptors (Lipinski definition) is 8. The van der Waals surface area contributed by atoms with Gasteiger partial charge in [0.05, 0.1) is 20.8 Å². The Bertz CT molecular complexity index is 1090. The molecule has 152 valence electrons. The van der Waals surface area contributed by atoms with Crippen LogP contribution in [-0.4, -0.2) is 48.6 Å². The van der Waals surface area contributed by atoms with Crippen molar-refractivity contribution >= 4 is 40.1 Å². The van der Waals surface area contributed by atoms with Gasteiger partial charge in [0, 0.05) is 18.2 Å². The number of nitrogens with zero attached hydrogens (tertiary/aromatic N) is 4. The summed E-state index contributed by atoms with van der Waals surface area (Å²) >= 11 is 7.28. The zero-order valence-corrected chi connectivity index (χ0v) is 17.6. The van der Waals surface area contributed by atoms with Crippen molar-refractivity contribution in [3.63, 3.8) is 0 Å². The maximum atomic E-state index is 14.7. The first kappa shape index (κ1) is 19.8. The summed E-state index contributed by atoms with van der Waals surface area (Å²) in [4.78, 5) is 15.0. The quantitative estimate of drug-likeness (QED) is 0.338. The molecule has 0 aliphatic carbocycles. The number of anilines is 1. The van der Waals surface area contributed by atoms with Crippen LogP contribution in [0.4, 0.5) is 10.2 Å². The van der Waals surface area contributed by atoms with Crippen molar-refractivity contribution in [1.82, 2.24) is 15.0 Å². The van der Waals surface area contributed by atoms with E-state index in [0.29, 0.717) is 47.6 Å². The van der Waals surface area contributed by atoms with Crippen molar-refractivity contribution in [1.29, 1.82) is 0 Å². The summed E-state index contributed by atoms with van der Waals surface area (Å²) in [5, 5.41) is 0.581. The second-order valence-corrected chi connectivity index (χ2v) is 7.36. The van der Waals surface area contributed by atoms with E-state index in [-0.39, 0.29) is 16.5 Å². The summed E-state index contributed by atoms with van der Waals surface area (Å²) in [6, 6.07) is 5.62. The van der Waals surface area contributed by atoms with E-state index in [9.17, 15) is 4.39 Å². The first-order valence-electron chi connectivity index (χ1n) is 8.75. The van der Waals surface area contributed by atoms with E-state index in [4.69, 9.17) is 25.8 Å². The highest BCUT2D eigenvalue weighted by atomic mass is 35.5. The molecule has 0 bridgehead atoms. The lowest BCUT2D eigenvalue weighted by molar-refractivity contribution is 0.318. The van der Waals surface area contributed by atoms with Crippen LogP contribution >= 0.6 is 23.4 Å². The molecule has 0 spiro atoms. The molecule has 29 heavy (non-hydrogen) atoms.